The molecule has 0 aliphatic carbocycles. The first kappa shape index (κ1) is 24.9. The minimum atomic E-state index is -1.98. The molecule has 0 aliphatic rings. The number of rotatable bonds is 2. The van der Waals surface area contributed by atoms with Crippen LogP contribution in [-0.4, -0.2) is 8.07 Å². The Morgan fingerprint density at radius 2 is 1.03 bits per heavy atom. The van der Waals surface area contributed by atoms with Gasteiger partial charge in [-0.05, 0) is 9.40 Å². The van der Waals surface area contributed by atoms with E-state index >= 15 is 0 Å². The van der Waals surface area contributed by atoms with Crippen LogP contribution < -0.4 is 10.4 Å². The molecule has 0 atom stereocenters. The Balaban J connectivity index is 0.000000764. The van der Waals surface area contributed by atoms with Crippen LogP contribution in [-0.2, 0) is 20.8 Å². The second kappa shape index (κ2) is 9.29. The van der Waals surface area contributed by atoms with Gasteiger partial charge in [0.2, 0.25) is 0 Å². The van der Waals surface area contributed by atoms with Crippen LogP contribution in [0.5, 0.6) is 0 Å². The van der Waals surface area contributed by atoms with Crippen molar-refractivity contribution in [3.63, 3.8) is 0 Å². The molecule has 0 amide bonds. The number of fused-ring (bicyclic) bond motifs is 6. The molecule has 0 spiro atoms. The maximum absolute atomic E-state index is 4.93. The second-order valence-electron chi connectivity index (χ2n) is 9.55. The van der Waals surface area contributed by atoms with E-state index in [0.29, 0.717) is 0 Å². The van der Waals surface area contributed by atoms with Gasteiger partial charge < -0.3 is 0 Å². The Labute approximate surface area is 228 Å². The zero-order valence-corrected chi connectivity index (χ0v) is 26.8. The number of thiophene rings is 2. The van der Waals surface area contributed by atoms with Crippen LogP contribution in [0.4, 0.5) is 0 Å². The fourth-order valence-electron chi connectivity index (χ4n) is 5.89. The van der Waals surface area contributed by atoms with E-state index in [0.717, 1.165) is 0 Å². The van der Waals surface area contributed by atoms with Gasteiger partial charge in [0.1, 0.15) is 0 Å². The summed E-state index contributed by atoms with van der Waals surface area (Å²) in [5.74, 6) is 0. The third-order valence-corrected chi connectivity index (χ3v) is 13.8. The van der Waals surface area contributed by atoms with Crippen molar-refractivity contribution < 1.29 is 20.8 Å². The molecule has 4 aromatic carbocycles. The van der Waals surface area contributed by atoms with Crippen molar-refractivity contribution in [2.24, 2.45) is 0 Å². The number of halogens is 2. The van der Waals surface area contributed by atoms with Crippen LogP contribution in [0.2, 0.25) is 13.1 Å². The van der Waals surface area contributed by atoms with Crippen molar-refractivity contribution in [1.82, 2.24) is 0 Å². The first-order valence-electron chi connectivity index (χ1n) is 11.3. The van der Waals surface area contributed by atoms with E-state index in [9.17, 15) is 0 Å². The predicted octanol–water partition coefficient (Wildman–Crippen LogP) is 9.29. The SMILES string of the molecule is Cc1c(C)[c-]([Si](C)(C)[c-]2c(C)c(C)c3sc4ccccc4c32)c2c1sc1ccccc12.[Cl][Zr+2][Cl]. The first-order chi connectivity index (χ1) is 16.2. The van der Waals surface area contributed by atoms with E-state index < -0.39 is 28.9 Å². The van der Waals surface area contributed by atoms with Crippen molar-refractivity contribution in [3.05, 3.63) is 70.8 Å². The average Bonchev–Trinajstić information content (AvgIpc) is 3.50. The van der Waals surface area contributed by atoms with Crippen LogP contribution in [0, 0.1) is 27.7 Å². The summed E-state index contributed by atoms with van der Waals surface area (Å²) in [4.78, 5) is 0. The van der Waals surface area contributed by atoms with Crippen LogP contribution in [0.15, 0.2) is 48.5 Å². The molecule has 0 saturated carbocycles. The van der Waals surface area contributed by atoms with Crippen molar-refractivity contribution >= 4 is 98.5 Å². The summed E-state index contributed by atoms with van der Waals surface area (Å²) in [6.07, 6.45) is 0. The second-order valence-corrected chi connectivity index (χ2v) is 19.6. The minimum absolute atomic E-state index is 0.826. The molecule has 0 saturated heterocycles. The normalized spacial score (nSPS) is 12.0. The van der Waals surface area contributed by atoms with Crippen molar-refractivity contribution in [2.75, 3.05) is 0 Å². The van der Waals surface area contributed by atoms with E-state index in [4.69, 9.17) is 17.0 Å². The Kier molecular flexibility index (Phi) is 6.81. The van der Waals surface area contributed by atoms with Crippen LogP contribution in [0.25, 0.3) is 40.3 Å². The molecule has 172 valence electrons. The van der Waals surface area contributed by atoms with Gasteiger partial charge in [-0.1, -0.05) is 109 Å². The molecule has 34 heavy (non-hydrogen) atoms. The van der Waals surface area contributed by atoms with Gasteiger partial charge >= 0.3 is 37.9 Å². The molecular formula is C28H26Cl2S2SiZr. The summed E-state index contributed by atoms with van der Waals surface area (Å²) in [6.45, 7) is 14.6. The molecule has 2 aromatic heterocycles. The molecule has 0 unspecified atom stereocenters. The third kappa shape index (κ3) is 3.59. The van der Waals surface area contributed by atoms with Gasteiger partial charge in [-0.15, -0.1) is 43.4 Å². The topological polar surface area (TPSA) is 0 Å². The molecular weight excluding hydrogens is 591 g/mol. The van der Waals surface area contributed by atoms with Gasteiger partial charge in [0.15, 0.2) is 0 Å². The van der Waals surface area contributed by atoms with Gasteiger partial charge in [0, 0.05) is 8.07 Å². The molecule has 6 heteroatoms. The number of hydrogen-bond acceptors (Lipinski definition) is 2. The summed E-state index contributed by atoms with van der Waals surface area (Å²) >= 11 is 3.13. The van der Waals surface area contributed by atoms with Gasteiger partial charge in [-0.25, -0.2) is 22.7 Å². The average molecular weight is 617 g/mol. The molecule has 6 rings (SSSR count). The Morgan fingerprint density at radius 3 is 1.41 bits per heavy atom. The van der Waals surface area contributed by atoms with E-state index in [1.807, 2.05) is 22.7 Å². The molecule has 0 bridgehead atoms. The summed E-state index contributed by atoms with van der Waals surface area (Å²) in [5, 5.41) is 9.28. The molecule has 6 aromatic rings. The fourth-order valence-corrected chi connectivity index (χ4v) is 12.9. The zero-order valence-electron chi connectivity index (χ0n) is 20.2. The van der Waals surface area contributed by atoms with Crippen molar-refractivity contribution in [1.29, 1.82) is 0 Å². The Morgan fingerprint density at radius 1 is 0.676 bits per heavy atom. The first-order valence-corrected chi connectivity index (χ1v) is 22.3. The van der Waals surface area contributed by atoms with E-state index in [1.54, 1.807) is 21.1 Å². The summed E-state index contributed by atoms with van der Waals surface area (Å²) in [7, 11) is 7.89. The van der Waals surface area contributed by atoms with E-state index in [-0.39, 0.29) is 0 Å². The standard InChI is InChI=1S/C28H26S2Si.2ClH.Zr/c1-15-17(3)27(23-19-11-7-9-13-21(19)29-25(15)23)31(5,6)28-18(4)16(2)26-24(28)20-12-8-10-14-22(20)30-26;;;/h7-14H,1-6H3;2*1H;/q-2;;;+4/p-2. The molecule has 0 nitrogen and oxygen atoms in total. The summed E-state index contributed by atoms with van der Waals surface area (Å²) < 4.78 is 5.84. The van der Waals surface area contributed by atoms with Crippen LogP contribution >= 0.6 is 39.7 Å². The van der Waals surface area contributed by atoms with Gasteiger partial charge in [-0.2, -0.15) is 0 Å². The Hall–Kier alpha value is -0.740. The molecule has 2 heterocycles. The van der Waals surface area contributed by atoms with Crippen LogP contribution in [0.3, 0.4) is 0 Å². The van der Waals surface area contributed by atoms with E-state index in [2.05, 4.69) is 89.3 Å². The molecule has 0 N–H and O–H groups in total. The molecule has 0 aliphatic heterocycles. The predicted molar refractivity (Wildman–Crippen MR) is 157 cm³/mol. The number of benzene rings is 2. The molecule has 0 radical (unpaired) electrons. The third-order valence-electron chi connectivity index (χ3n) is 7.50. The van der Waals surface area contributed by atoms with Crippen molar-refractivity contribution in [3.8, 4) is 0 Å². The monoisotopic (exact) mass is 614 g/mol. The van der Waals surface area contributed by atoms with Crippen LogP contribution in [0.1, 0.15) is 22.3 Å². The Bertz CT molecular complexity index is 1560. The quantitative estimate of drug-likeness (QED) is 0.134. The summed E-state index contributed by atoms with van der Waals surface area (Å²) in [5.41, 5.74) is 6.02. The van der Waals surface area contributed by atoms with Gasteiger partial charge in [-0.3, -0.25) is 0 Å². The zero-order chi connectivity index (χ0) is 24.4. The van der Waals surface area contributed by atoms with Gasteiger partial charge in [0.05, 0.1) is 0 Å². The number of hydrogen-bond donors (Lipinski definition) is 0. The maximum atomic E-state index is 4.93. The van der Waals surface area contributed by atoms with Crippen molar-refractivity contribution in [2.45, 2.75) is 40.8 Å². The fraction of sp³-hybridized carbons (Fsp3) is 0.214. The van der Waals surface area contributed by atoms with Gasteiger partial charge in [0.25, 0.3) is 0 Å². The summed E-state index contributed by atoms with van der Waals surface area (Å²) in [6, 6.07) is 18.0. The molecule has 0 fully saturated rings. The number of aryl methyl sites for hydroxylation is 2. The van der Waals surface area contributed by atoms with E-state index in [1.165, 1.54) is 51.8 Å².